The maximum absolute atomic E-state index is 13.0. The first-order valence-corrected chi connectivity index (χ1v) is 11.1. The van der Waals surface area contributed by atoms with Gasteiger partial charge in [0.1, 0.15) is 15.5 Å². The van der Waals surface area contributed by atoms with Crippen molar-refractivity contribution >= 4 is 33.1 Å². The summed E-state index contributed by atoms with van der Waals surface area (Å²) in [5.74, 6) is 0.626. The van der Waals surface area contributed by atoms with Crippen molar-refractivity contribution in [1.29, 1.82) is 0 Å². The molecular formula is C24H23N3O2S. The van der Waals surface area contributed by atoms with Gasteiger partial charge in [-0.15, -0.1) is 11.3 Å². The van der Waals surface area contributed by atoms with Crippen LogP contribution in [0.25, 0.3) is 21.5 Å². The van der Waals surface area contributed by atoms with Crippen molar-refractivity contribution < 1.29 is 9.21 Å². The van der Waals surface area contributed by atoms with Crippen molar-refractivity contribution in [3.05, 3.63) is 70.4 Å². The average molecular weight is 418 g/mol. The summed E-state index contributed by atoms with van der Waals surface area (Å²) in [6.45, 7) is 0.461. The zero-order valence-electron chi connectivity index (χ0n) is 16.6. The lowest BCUT2D eigenvalue weighted by Crippen LogP contribution is -2.22. The summed E-state index contributed by atoms with van der Waals surface area (Å²) in [4.78, 5) is 19.2. The van der Waals surface area contributed by atoms with Gasteiger partial charge in [0.2, 0.25) is 0 Å². The lowest BCUT2D eigenvalue weighted by molar-refractivity contribution is 0.0956. The van der Waals surface area contributed by atoms with Gasteiger partial charge < -0.3 is 15.5 Å². The molecule has 1 aliphatic rings. The van der Waals surface area contributed by atoms with Crippen molar-refractivity contribution in [2.24, 2.45) is 0 Å². The van der Waals surface area contributed by atoms with E-state index in [9.17, 15) is 4.79 Å². The van der Waals surface area contributed by atoms with Gasteiger partial charge in [-0.1, -0.05) is 36.8 Å². The lowest BCUT2D eigenvalue weighted by atomic mass is 9.96. The summed E-state index contributed by atoms with van der Waals surface area (Å²) < 4.78 is 5.79. The molecule has 3 heterocycles. The molecule has 6 heteroatoms. The number of nitrogens with one attached hydrogen (secondary N) is 1. The number of benzene rings is 1. The Labute approximate surface area is 178 Å². The number of hydrogen-bond acceptors (Lipinski definition) is 5. The molecule has 0 fully saturated rings. The minimum atomic E-state index is -0.167. The van der Waals surface area contributed by atoms with Crippen LogP contribution in [-0.2, 0) is 19.4 Å². The quantitative estimate of drug-likeness (QED) is 0.439. The van der Waals surface area contributed by atoms with E-state index in [1.54, 1.807) is 6.26 Å². The van der Waals surface area contributed by atoms with Crippen molar-refractivity contribution in [2.75, 3.05) is 5.73 Å². The van der Waals surface area contributed by atoms with Gasteiger partial charge in [-0.25, -0.2) is 4.98 Å². The molecule has 0 saturated carbocycles. The third kappa shape index (κ3) is 3.37. The van der Waals surface area contributed by atoms with Crippen LogP contribution in [0.1, 0.15) is 45.8 Å². The van der Waals surface area contributed by atoms with Crippen molar-refractivity contribution in [2.45, 2.75) is 38.6 Å². The Kier molecular flexibility index (Phi) is 5.01. The molecule has 3 aromatic heterocycles. The van der Waals surface area contributed by atoms with Crippen LogP contribution in [-0.4, -0.2) is 10.9 Å². The number of nitrogens with zero attached hydrogens (tertiary/aromatic N) is 1. The molecule has 1 amide bonds. The van der Waals surface area contributed by atoms with Crippen molar-refractivity contribution in [1.82, 2.24) is 10.3 Å². The van der Waals surface area contributed by atoms with Crippen LogP contribution in [0.4, 0.5) is 5.69 Å². The number of nitrogens with two attached hydrogens (primary N) is 1. The average Bonchev–Trinajstić information content (AvgIpc) is 3.34. The van der Waals surface area contributed by atoms with Gasteiger partial charge in [0.05, 0.1) is 12.0 Å². The summed E-state index contributed by atoms with van der Waals surface area (Å²) in [6.07, 6.45) is 7.05. The Balaban J connectivity index is 1.59. The summed E-state index contributed by atoms with van der Waals surface area (Å²) >= 11 is 1.37. The molecule has 0 aliphatic heterocycles. The number of rotatable bonds is 4. The second-order valence-electron chi connectivity index (χ2n) is 7.64. The molecule has 0 atom stereocenters. The molecule has 5 rings (SSSR count). The van der Waals surface area contributed by atoms with Gasteiger partial charge in [-0.2, -0.15) is 0 Å². The first kappa shape index (κ1) is 18.9. The van der Waals surface area contributed by atoms with E-state index < -0.39 is 0 Å². The van der Waals surface area contributed by atoms with Gasteiger partial charge >= 0.3 is 0 Å². The van der Waals surface area contributed by atoms with Gasteiger partial charge in [0.15, 0.2) is 0 Å². The zero-order chi connectivity index (χ0) is 20.5. The molecule has 30 heavy (non-hydrogen) atoms. The molecule has 0 bridgehead atoms. The van der Waals surface area contributed by atoms with Crippen LogP contribution < -0.4 is 11.1 Å². The first-order chi connectivity index (χ1) is 14.7. The van der Waals surface area contributed by atoms with E-state index in [1.165, 1.54) is 23.3 Å². The SMILES string of the molecule is Nc1c(C(=O)NCc2ccccc2)sc2nc3c(c(-c4ccco4)c12)CCCCC3. The summed E-state index contributed by atoms with van der Waals surface area (Å²) in [7, 11) is 0. The van der Waals surface area contributed by atoms with E-state index >= 15 is 0 Å². The maximum Gasteiger partial charge on any atom is 0.263 e. The Morgan fingerprint density at radius 1 is 1.10 bits per heavy atom. The fourth-order valence-electron chi connectivity index (χ4n) is 4.20. The number of aromatic nitrogens is 1. The van der Waals surface area contributed by atoms with Gasteiger partial charge in [0.25, 0.3) is 5.91 Å². The molecule has 0 radical (unpaired) electrons. The number of aryl methyl sites for hydroxylation is 1. The molecule has 0 spiro atoms. The highest BCUT2D eigenvalue weighted by atomic mass is 32.1. The highest BCUT2D eigenvalue weighted by Gasteiger charge is 2.26. The van der Waals surface area contributed by atoms with E-state index in [2.05, 4.69) is 5.32 Å². The smallest absolute Gasteiger partial charge is 0.263 e. The Morgan fingerprint density at radius 3 is 2.73 bits per heavy atom. The second-order valence-corrected chi connectivity index (χ2v) is 8.64. The Morgan fingerprint density at radius 2 is 1.93 bits per heavy atom. The van der Waals surface area contributed by atoms with Gasteiger partial charge in [-0.05, 0) is 48.9 Å². The van der Waals surface area contributed by atoms with Crippen LogP contribution in [0, 0.1) is 0 Å². The number of pyridine rings is 1. The highest BCUT2D eigenvalue weighted by Crippen LogP contribution is 2.43. The number of fused-ring (bicyclic) bond motifs is 2. The molecule has 0 saturated heterocycles. The molecule has 1 aromatic carbocycles. The van der Waals surface area contributed by atoms with Crippen LogP contribution in [0.2, 0.25) is 0 Å². The third-order valence-corrected chi connectivity index (χ3v) is 6.77. The van der Waals surface area contributed by atoms with Gasteiger partial charge in [-0.3, -0.25) is 4.79 Å². The minimum absolute atomic E-state index is 0.167. The lowest BCUT2D eigenvalue weighted by Gasteiger charge is -2.12. The monoisotopic (exact) mass is 417 g/mol. The van der Waals surface area contributed by atoms with Crippen LogP contribution in [0.5, 0.6) is 0 Å². The Hall–Kier alpha value is -3.12. The number of nitrogen functional groups attached to an aromatic ring is 1. The number of carbonyl (C=O) groups excluding carboxylic acids is 1. The van der Waals surface area contributed by atoms with Crippen LogP contribution in [0.3, 0.4) is 0 Å². The molecular weight excluding hydrogens is 394 g/mol. The van der Waals surface area contributed by atoms with E-state index in [-0.39, 0.29) is 5.91 Å². The zero-order valence-corrected chi connectivity index (χ0v) is 17.4. The highest BCUT2D eigenvalue weighted by molar-refractivity contribution is 7.21. The summed E-state index contributed by atoms with van der Waals surface area (Å²) in [6, 6.07) is 13.7. The molecule has 0 unspecified atom stereocenters. The number of carbonyl (C=O) groups is 1. The van der Waals surface area contributed by atoms with E-state index in [0.29, 0.717) is 17.1 Å². The number of hydrogen-bond donors (Lipinski definition) is 2. The van der Waals surface area contributed by atoms with Gasteiger partial charge in [0, 0.05) is 23.2 Å². The molecule has 152 valence electrons. The fraction of sp³-hybridized carbons (Fsp3) is 0.250. The van der Waals surface area contributed by atoms with Crippen LogP contribution >= 0.6 is 11.3 Å². The number of amides is 1. The normalized spacial score (nSPS) is 13.7. The predicted molar refractivity (Wildman–Crippen MR) is 121 cm³/mol. The maximum atomic E-state index is 13.0. The standard InChI is InChI=1S/C24H23N3O2S/c25-21-20-19(18-12-7-13-29-18)16-10-5-2-6-11-17(16)27-24(20)30-22(21)23(28)26-14-15-8-3-1-4-9-15/h1,3-4,7-9,12-13H,2,5-6,10-11,14,25H2,(H,26,28). The Bertz CT molecular complexity index is 1200. The molecule has 1 aliphatic carbocycles. The summed E-state index contributed by atoms with van der Waals surface area (Å²) in [5, 5.41) is 3.84. The molecule has 3 N–H and O–H groups in total. The summed E-state index contributed by atoms with van der Waals surface area (Å²) in [5.41, 5.74) is 11.4. The first-order valence-electron chi connectivity index (χ1n) is 10.3. The van der Waals surface area contributed by atoms with E-state index in [4.69, 9.17) is 15.1 Å². The van der Waals surface area contributed by atoms with E-state index in [0.717, 1.165) is 58.5 Å². The van der Waals surface area contributed by atoms with Crippen molar-refractivity contribution in [3.8, 4) is 11.3 Å². The van der Waals surface area contributed by atoms with Crippen molar-refractivity contribution in [3.63, 3.8) is 0 Å². The second kappa shape index (κ2) is 7.95. The van der Waals surface area contributed by atoms with E-state index in [1.807, 2.05) is 42.5 Å². The third-order valence-electron chi connectivity index (χ3n) is 5.67. The molecule has 4 aromatic rings. The number of thiophene rings is 1. The fourth-order valence-corrected chi connectivity index (χ4v) is 5.24. The topological polar surface area (TPSA) is 81.2 Å². The molecule has 5 nitrogen and oxygen atoms in total. The van der Waals surface area contributed by atoms with Crippen LogP contribution in [0.15, 0.2) is 53.1 Å². The largest absolute Gasteiger partial charge is 0.464 e. The minimum Gasteiger partial charge on any atom is -0.464 e. The predicted octanol–water partition coefficient (Wildman–Crippen LogP) is 5.34. The number of furan rings is 1. The number of anilines is 1.